The molecule has 0 aromatic carbocycles. The zero-order valence-corrected chi connectivity index (χ0v) is 12.4. The third kappa shape index (κ3) is 2.98. The molecule has 9 heteroatoms. The van der Waals surface area contributed by atoms with E-state index >= 15 is 0 Å². The van der Waals surface area contributed by atoms with Gasteiger partial charge in [0, 0.05) is 18.7 Å². The van der Waals surface area contributed by atoms with Crippen LogP contribution in [0.15, 0.2) is 12.1 Å². The summed E-state index contributed by atoms with van der Waals surface area (Å²) < 4.78 is 23.0. The second-order valence-electron chi connectivity index (χ2n) is 4.54. The number of nitro groups is 1. The van der Waals surface area contributed by atoms with Gasteiger partial charge in [0.25, 0.3) is 5.91 Å². The lowest BCUT2D eigenvalue weighted by molar-refractivity contribution is -0.380. The lowest BCUT2D eigenvalue weighted by Crippen LogP contribution is -2.40. The standard InChI is InChI=1S/C11H14N2O5S2/c1-2-12(8-5-6-20(17,18)7-8)11(14)9-3-4-10(19-9)13(15)16/h3-4,8H,2,5-7H2,1H3/t8-/m0/s1. The number of carbonyl (C=O) groups is 1. The highest BCUT2D eigenvalue weighted by atomic mass is 32.2. The number of carbonyl (C=O) groups excluding carboxylic acids is 1. The summed E-state index contributed by atoms with van der Waals surface area (Å²) in [4.78, 5) is 24.2. The van der Waals surface area contributed by atoms with Crippen molar-refractivity contribution in [2.45, 2.75) is 19.4 Å². The van der Waals surface area contributed by atoms with E-state index in [1.807, 2.05) is 0 Å². The van der Waals surface area contributed by atoms with Crippen LogP contribution in [0.4, 0.5) is 5.00 Å². The summed E-state index contributed by atoms with van der Waals surface area (Å²) in [7, 11) is -3.07. The lowest BCUT2D eigenvalue weighted by Gasteiger charge is -2.26. The molecular weight excluding hydrogens is 304 g/mol. The second kappa shape index (κ2) is 5.49. The first-order valence-corrected chi connectivity index (χ1v) is 8.73. The van der Waals surface area contributed by atoms with Gasteiger partial charge in [0.05, 0.1) is 21.3 Å². The summed E-state index contributed by atoms with van der Waals surface area (Å²) in [6.45, 7) is 2.15. The lowest BCUT2D eigenvalue weighted by atomic mass is 10.2. The molecule has 0 aliphatic carbocycles. The molecule has 0 N–H and O–H groups in total. The number of amides is 1. The van der Waals surface area contributed by atoms with Crippen LogP contribution in [0.2, 0.25) is 0 Å². The zero-order chi connectivity index (χ0) is 14.9. The molecule has 1 amide bonds. The van der Waals surface area contributed by atoms with Crippen LogP contribution in [0.3, 0.4) is 0 Å². The molecule has 1 aliphatic rings. The van der Waals surface area contributed by atoms with Gasteiger partial charge in [-0.15, -0.1) is 0 Å². The quantitative estimate of drug-likeness (QED) is 0.616. The van der Waals surface area contributed by atoms with Crippen LogP contribution in [0, 0.1) is 10.1 Å². The fourth-order valence-corrected chi connectivity index (χ4v) is 4.78. The minimum atomic E-state index is -3.07. The maximum atomic E-state index is 12.3. The van der Waals surface area contributed by atoms with Crippen LogP contribution in [0.1, 0.15) is 23.0 Å². The first-order chi connectivity index (χ1) is 9.34. The first-order valence-electron chi connectivity index (χ1n) is 6.09. The van der Waals surface area contributed by atoms with Gasteiger partial charge in [-0.1, -0.05) is 11.3 Å². The van der Waals surface area contributed by atoms with Crippen LogP contribution < -0.4 is 0 Å². The van der Waals surface area contributed by atoms with Crippen LogP contribution >= 0.6 is 11.3 Å². The average molecular weight is 318 g/mol. The molecule has 0 saturated carbocycles. The smallest absolute Gasteiger partial charge is 0.324 e. The van der Waals surface area contributed by atoms with Gasteiger partial charge in [0.1, 0.15) is 0 Å². The molecule has 1 atom stereocenters. The largest absolute Gasteiger partial charge is 0.334 e. The van der Waals surface area contributed by atoms with E-state index in [4.69, 9.17) is 0 Å². The van der Waals surface area contributed by atoms with E-state index in [2.05, 4.69) is 0 Å². The molecule has 0 spiro atoms. The van der Waals surface area contributed by atoms with E-state index in [9.17, 15) is 23.3 Å². The van der Waals surface area contributed by atoms with Gasteiger partial charge in [-0.05, 0) is 19.4 Å². The molecule has 7 nitrogen and oxygen atoms in total. The van der Waals surface area contributed by atoms with E-state index in [1.165, 1.54) is 17.0 Å². The number of sulfone groups is 1. The summed E-state index contributed by atoms with van der Waals surface area (Å²) >= 11 is 0.812. The molecule has 110 valence electrons. The van der Waals surface area contributed by atoms with Crippen molar-refractivity contribution in [3.05, 3.63) is 27.1 Å². The Kier molecular flexibility index (Phi) is 4.09. The Hall–Kier alpha value is -1.48. The highest BCUT2D eigenvalue weighted by molar-refractivity contribution is 7.91. The number of nitrogens with zero attached hydrogens (tertiary/aromatic N) is 2. The molecule has 0 bridgehead atoms. The third-order valence-corrected chi connectivity index (χ3v) is 6.01. The SMILES string of the molecule is CCN(C(=O)c1ccc([N+](=O)[O-])s1)[C@H]1CCS(=O)(=O)C1. The summed E-state index contributed by atoms with van der Waals surface area (Å²) in [6, 6.07) is 2.37. The van der Waals surface area contributed by atoms with E-state index in [1.54, 1.807) is 6.92 Å². The molecule has 1 aliphatic heterocycles. The van der Waals surface area contributed by atoms with Crippen LogP contribution in [-0.2, 0) is 9.84 Å². The fourth-order valence-electron chi connectivity index (χ4n) is 2.27. The Morgan fingerprint density at radius 3 is 2.70 bits per heavy atom. The minimum absolute atomic E-state index is 0.0277. The van der Waals surface area contributed by atoms with Gasteiger partial charge < -0.3 is 4.90 Å². The van der Waals surface area contributed by atoms with Gasteiger partial charge >= 0.3 is 5.00 Å². The Bertz CT molecular complexity index is 637. The summed E-state index contributed by atoms with van der Waals surface area (Å²) in [5.74, 6) is -0.279. The molecule has 0 radical (unpaired) electrons. The van der Waals surface area contributed by atoms with Gasteiger partial charge in [-0.25, -0.2) is 8.42 Å². The predicted molar refractivity (Wildman–Crippen MR) is 74.7 cm³/mol. The number of thiophene rings is 1. The molecule has 2 heterocycles. The molecule has 1 aromatic heterocycles. The summed E-state index contributed by atoms with van der Waals surface area (Å²) in [6.07, 6.45) is 0.426. The molecule has 20 heavy (non-hydrogen) atoms. The van der Waals surface area contributed by atoms with E-state index < -0.39 is 14.8 Å². The van der Waals surface area contributed by atoms with Crippen molar-refractivity contribution in [1.82, 2.24) is 4.90 Å². The zero-order valence-electron chi connectivity index (χ0n) is 10.8. The Morgan fingerprint density at radius 2 is 2.25 bits per heavy atom. The first kappa shape index (κ1) is 14.9. The summed E-state index contributed by atoms with van der Waals surface area (Å²) in [5, 5.41) is 10.5. The van der Waals surface area contributed by atoms with Crippen molar-refractivity contribution in [1.29, 1.82) is 0 Å². The minimum Gasteiger partial charge on any atom is -0.334 e. The number of hydrogen-bond acceptors (Lipinski definition) is 6. The van der Waals surface area contributed by atoms with Crippen molar-refractivity contribution in [3.63, 3.8) is 0 Å². The van der Waals surface area contributed by atoms with Gasteiger partial charge in [0.15, 0.2) is 9.84 Å². The molecule has 1 saturated heterocycles. The molecule has 0 unspecified atom stereocenters. The van der Waals surface area contributed by atoms with Crippen molar-refractivity contribution in [3.8, 4) is 0 Å². The summed E-state index contributed by atoms with van der Waals surface area (Å²) in [5.41, 5.74) is 0. The van der Waals surface area contributed by atoms with Gasteiger partial charge in [0.2, 0.25) is 0 Å². The van der Waals surface area contributed by atoms with Gasteiger partial charge in [-0.3, -0.25) is 14.9 Å². The van der Waals surface area contributed by atoms with Crippen molar-refractivity contribution < 1.29 is 18.1 Å². The second-order valence-corrected chi connectivity index (χ2v) is 7.83. The fraction of sp³-hybridized carbons (Fsp3) is 0.545. The van der Waals surface area contributed by atoms with Crippen molar-refractivity contribution in [2.24, 2.45) is 0 Å². The Morgan fingerprint density at radius 1 is 1.55 bits per heavy atom. The van der Waals surface area contributed by atoms with Crippen LogP contribution in [-0.4, -0.2) is 48.2 Å². The third-order valence-electron chi connectivity index (χ3n) is 3.23. The van der Waals surface area contributed by atoms with E-state index in [0.29, 0.717) is 13.0 Å². The normalized spacial score (nSPS) is 20.8. The molecule has 1 fully saturated rings. The number of rotatable bonds is 4. The highest BCUT2D eigenvalue weighted by Crippen LogP contribution is 2.27. The Labute approximate surface area is 120 Å². The molecule has 1 aromatic rings. The van der Waals surface area contributed by atoms with Crippen molar-refractivity contribution in [2.75, 3.05) is 18.1 Å². The monoisotopic (exact) mass is 318 g/mol. The predicted octanol–water partition coefficient (Wildman–Crippen LogP) is 1.31. The van der Waals surface area contributed by atoms with E-state index in [-0.39, 0.29) is 33.3 Å². The Balaban J connectivity index is 2.19. The van der Waals surface area contributed by atoms with Crippen molar-refractivity contribution >= 4 is 32.1 Å². The number of hydrogen-bond donors (Lipinski definition) is 0. The highest BCUT2D eigenvalue weighted by Gasteiger charge is 2.34. The maximum Gasteiger partial charge on any atom is 0.324 e. The van der Waals surface area contributed by atoms with Crippen LogP contribution in [0.25, 0.3) is 0 Å². The average Bonchev–Trinajstić information content (AvgIpc) is 2.97. The molecular formula is C11H14N2O5S2. The van der Waals surface area contributed by atoms with Crippen LogP contribution in [0.5, 0.6) is 0 Å². The molecule has 2 rings (SSSR count). The maximum absolute atomic E-state index is 12.3. The topological polar surface area (TPSA) is 97.6 Å². The van der Waals surface area contributed by atoms with Gasteiger partial charge in [-0.2, -0.15) is 0 Å². The van der Waals surface area contributed by atoms with E-state index in [0.717, 1.165) is 11.3 Å².